The highest BCUT2D eigenvalue weighted by atomic mass is 19.3. The number of alkyl halides is 2. The Bertz CT molecular complexity index is 1580. The van der Waals surface area contributed by atoms with E-state index in [1.807, 2.05) is 0 Å². The fourth-order valence-corrected chi connectivity index (χ4v) is 5.35. The Kier molecular flexibility index (Phi) is 7.36. The number of amides is 3. The molecule has 3 amide bonds. The molecule has 0 radical (unpaired) electrons. The van der Waals surface area contributed by atoms with Gasteiger partial charge in [-0.1, -0.05) is 42.5 Å². The van der Waals surface area contributed by atoms with Crippen LogP contribution in [0.5, 0.6) is 0 Å². The molecule has 2 atom stereocenters. The number of rotatable bonds is 7. The van der Waals surface area contributed by atoms with Crippen LogP contribution in [0.15, 0.2) is 64.6 Å². The van der Waals surface area contributed by atoms with Crippen LogP contribution in [0.2, 0.25) is 0 Å². The number of carbonyl (C=O) groups excluding carboxylic acids is 3. The first kappa shape index (κ1) is 28.0. The summed E-state index contributed by atoms with van der Waals surface area (Å²) in [5, 5.41) is 25.2. The molecule has 1 saturated carbocycles. The standard InChI is InChI=1S/C30H28F2N4O5/c31-30(32)12-10-29(11-13-30,28(40)35-22-3-1-2-21(22)16-33)36-27(39)24-15-20-9-8-19(14-23(20)41-24)17-4-6-18(7-5-17)25(37)26(34)38/h2,4-9,14-15,22,25,37H,1,3,10-13H2,(H2,34,38)(H,35,40)(H,36,39). The average molecular weight is 563 g/mol. The summed E-state index contributed by atoms with van der Waals surface area (Å²) >= 11 is 0. The van der Waals surface area contributed by atoms with Gasteiger partial charge in [-0.3, -0.25) is 14.4 Å². The Labute approximate surface area is 234 Å². The Morgan fingerprint density at radius 3 is 2.39 bits per heavy atom. The van der Waals surface area contributed by atoms with Crippen molar-refractivity contribution in [1.82, 2.24) is 10.6 Å². The zero-order valence-corrected chi connectivity index (χ0v) is 22.0. The summed E-state index contributed by atoms with van der Waals surface area (Å²) in [7, 11) is 0. The van der Waals surface area contributed by atoms with E-state index in [-0.39, 0.29) is 18.6 Å². The maximum atomic E-state index is 14.1. The lowest BCUT2D eigenvalue weighted by Gasteiger charge is -2.39. The van der Waals surface area contributed by atoms with Crippen molar-refractivity contribution in [3.05, 3.63) is 71.5 Å². The maximum Gasteiger partial charge on any atom is 0.287 e. The van der Waals surface area contributed by atoms with E-state index in [0.717, 1.165) is 11.1 Å². The van der Waals surface area contributed by atoms with Crippen molar-refractivity contribution in [2.24, 2.45) is 5.73 Å². The molecule has 0 bridgehead atoms. The Hall–Kier alpha value is -4.56. The normalized spacial score (nSPS) is 20.0. The monoisotopic (exact) mass is 562 g/mol. The molecule has 5 N–H and O–H groups in total. The number of benzene rings is 2. The number of halogens is 2. The van der Waals surface area contributed by atoms with Crippen molar-refractivity contribution in [1.29, 1.82) is 5.26 Å². The van der Waals surface area contributed by atoms with E-state index in [2.05, 4.69) is 16.7 Å². The summed E-state index contributed by atoms with van der Waals surface area (Å²) in [6, 6.07) is 14.9. The Morgan fingerprint density at radius 2 is 1.73 bits per heavy atom. The van der Waals surface area contributed by atoms with Gasteiger partial charge in [-0.25, -0.2) is 8.78 Å². The third-order valence-electron chi connectivity index (χ3n) is 7.83. The summed E-state index contributed by atoms with van der Waals surface area (Å²) in [5.74, 6) is -5.19. The molecule has 2 aliphatic carbocycles. The molecule has 0 aliphatic heterocycles. The number of nitrogens with two attached hydrogens (primary N) is 1. The number of nitrogens with zero attached hydrogens (tertiary/aromatic N) is 1. The molecule has 2 aliphatic rings. The van der Waals surface area contributed by atoms with Gasteiger partial charge in [-0.2, -0.15) is 5.26 Å². The number of nitrogens with one attached hydrogen (secondary N) is 2. The molecule has 2 aromatic carbocycles. The summed E-state index contributed by atoms with van der Waals surface area (Å²) in [6.07, 6.45) is -0.202. The predicted octanol–water partition coefficient (Wildman–Crippen LogP) is 4.02. The van der Waals surface area contributed by atoms with Crippen molar-refractivity contribution in [3.8, 4) is 17.2 Å². The quantitative estimate of drug-likeness (QED) is 0.340. The van der Waals surface area contributed by atoms with Crippen LogP contribution in [0.3, 0.4) is 0 Å². The summed E-state index contributed by atoms with van der Waals surface area (Å²) in [6.45, 7) is 0. The van der Waals surface area contributed by atoms with Gasteiger partial charge in [0.2, 0.25) is 11.8 Å². The first-order chi connectivity index (χ1) is 19.5. The molecule has 9 nitrogen and oxygen atoms in total. The first-order valence-electron chi connectivity index (χ1n) is 13.2. The lowest BCUT2D eigenvalue weighted by atomic mass is 9.78. The summed E-state index contributed by atoms with van der Waals surface area (Å²) in [4.78, 5) is 38.0. The van der Waals surface area contributed by atoms with Crippen molar-refractivity contribution in [3.63, 3.8) is 0 Å². The highest BCUT2D eigenvalue weighted by Gasteiger charge is 2.49. The number of nitriles is 1. The number of furan rings is 1. The van der Waals surface area contributed by atoms with Gasteiger partial charge in [0, 0.05) is 23.8 Å². The molecule has 212 valence electrons. The number of hydrogen-bond acceptors (Lipinski definition) is 6. The number of hydrogen-bond donors (Lipinski definition) is 4. The average Bonchev–Trinajstić information content (AvgIpc) is 3.60. The molecule has 0 saturated heterocycles. The van der Waals surface area contributed by atoms with Gasteiger partial charge in [0.25, 0.3) is 11.8 Å². The maximum absolute atomic E-state index is 14.1. The molecular formula is C30H28F2N4O5. The minimum atomic E-state index is -2.94. The van der Waals surface area contributed by atoms with Crippen LogP contribution >= 0.6 is 0 Å². The second-order valence-corrected chi connectivity index (χ2v) is 10.6. The fourth-order valence-electron chi connectivity index (χ4n) is 5.35. The van der Waals surface area contributed by atoms with E-state index in [4.69, 9.17) is 10.2 Å². The van der Waals surface area contributed by atoms with Crippen LogP contribution in [0.1, 0.15) is 60.7 Å². The largest absolute Gasteiger partial charge is 0.451 e. The number of allylic oxidation sites excluding steroid dienone is 1. The van der Waals surface area contributed by atoms with Gasteiger partial charge >= 0.3 is 0 Å². The van der Waals surface area contributed by atoms with E-state index < -0.39 is 54.2 Å². The van der Waals surface area contributed by atoms with Crippen molar-refractivity contribution in [2.75, 3.05) is 0 Å². The molecule has 41 heavy (non-hydrogen) atoms. The van der Waals surface area contributed by atoms with E-state index in [1.165, 1.54) is 6.07 Å². The second kappa shape index (κ2) is 10.8. The van der Waals surface area contributed by atoms with Crippen LogP contribution < -0.4 is 16.4 Å². The number of aliphatic hydroxyl groups is 1. The number of fused-ring (bicyclic) bond motifs is 1. The van der Waals surface area contributed by atoms with Crippen LogP contribution in [-0.4, -0.2) is 40.3 Å². The molecule has 3 aromatic rings. The third kappa shape index (κ3) is 5.69. The SMILES string of the molecule is N#CC1=CCCC1NC(=O)C1(NC(=O)c2cc3ccc(-c4ccc(C(O)C(N)=O)cc4)cc3o2)CCC(F)(F)CC1. The van der Waals surface area contributed by atoms with Crippen molar-refractivity contribution >= 4 is 28.7 Å². The van der Waals surface area contributed by atoms with Crippen LogP contribution in [0.4, 0.5) is 8.78 Å². The summed E-state index contributed by atoms with van der Waals surface area (Å²) < 4.78 is 33.9. The predicted molar refractivity (Wildman–Crippen MR) is 144 cm³/mol. The van der Waals surface area contributed by atoms with Gasteiger partial charge in [0.05, 0.1) is 12.1 Å². The van der Waals surface area contributed by atoms with Crippen LogP contribution in [0, 0.1) is 11.3 Å². The number of primary amides is 1. The highest BCUT2D eigenvalue weighted by molar-refractivity contribution is 6.00. The molecule has 1 fully saturated rings. The van der Waals surface area contributed by atoms with Crippen molar-refractivity contribution in [2.45, 2.75) is 62.1 Å². The topological polar surface area (TPSA) is 158 Å². The van der Waals surface area contributed by atoms with Crippen molar-refractivity contribution < 1.29 is 32.7 Å². The Balaban J connectivity index is 1.37. The lowest BCUT2D eigenvalue weighted by molar-refractivity contribution is -0.133. The van der Waals surface area contributed by atoms with Gasteiger partial charge < -0.3 is 25.9 Å². The summed E-state index contributed by atoms with van der Waals surface area (Å²) in [5.41, 5.74) is 6.21. The molecular weight excluding hydrogens is 534 g/mol. The second-order valence-electron chi connectivity index (χ2n) is 10.6. The molecule has 1 aromatic heterocycles. The minimum absolute atomic E-state index is 0.0833. The molecule has 5 rings (SSSR count). The van der Waals surface area contributed by atoms with E-state index in [1.54, 1.807) is 48.5 Å². The lowest BCUT2D eigenvalue weighted by Crippen LogP contribution is -2.62. The Morgan fingerprint density at radius 1 is 1.05 bits per heavy atom. The molecule has 0 spiro atoms. The molecule has 2 unspecified atom stereocenters. The van der Waals surface area contributed by atoms with E-state index in [0.29, 0.717) is 34.9 Å². The third-order valence-corrected chi connectivity index (χ3v) is 7.83. The van der Waals surface area contributed by atoms with Crippen LogP contribution in [0.25, 0.3) is 22.1 Å². The number of carbonyl (C=O) groups is 3. The number of aliphatic hydroxyl groups excluding tert-OH is 1. The minimum Gasteiger partial charge on any atom is -0.451 e. The van der Waals surface area contributed by atoms with Crippen LogP contribution in [-0.2, 0) is 9.59 Å². The van der Waals surface area contributed by atoms with Gasteiger partial charge in [0.1, 0.15) is 11.1 Å². The van der Waals surface area contributed by atoms with Gasteiger partial charge in [0.15, 0.2) is 11.9 Å². The first-order valence-corrected chi connectivity index (χ1v) is 13.2. The highest BCUT2D eigenvalue weighted by Crippen LogP contribution is 2.39. The van der Waals surface area contributed by atoms with E-state index in [9.17, 15) is 33.5 Å². The van der Waals surface area contributed by atoms with E-state index >= 15 is 0 Å². The van der Waals surface area contributed by atoms with Gasteiger partial charge in [-0.15, -0.1) is 0 Å². The fraction of sp³-hybridized carbons (Fsp3) is 0.333. The smallest absolute Gasteiger partial charge is 0.287 e. The molecule has 1 heterocycles. The van der Waals surface area contributed by atoms with Gasteiger partial charge in [-0.05, 0) is 54.5 Å². The zero-order chi connectivity index (χ0) is 29.4. The molecule has 11 heteroatoms. The zero-order valence-electron chi connectivity index (χ0n) is 22.0.